The molecule has 0 saturated heterocycles. The molecule has 0 spiro atoms. The second-order valence-electron chi connectivity index (χ2n) is 7.16. The standard InChI is InChI=1S/C23H21ClN4O7/c1-34-16-7-4-8-17(35-2)18(16)21(30)27-19-13(11-25-23(33)28-19)10-15(22(31)32)26-20(29)12-5-3-6-14(24)9-12/h3-9,11,15H,10H2,1-2H3,(H,26,29)(H,31,32)(H2,25,27,28,30,33). The fraction of sp³-hybridized carbons (Fsp3) is 0.174. The number of rotatable bonds is 9. The van der Waals surface area contributed by atoms with Crippen molar-refractivity contribution < 1.29 is 29.0 Å². The van der Waals surface area contributed by atoms with E-state index in [0.29, 0.717) is 5.02 Å². The van der Waals surface area contributed by atoms with E-state index in [1.54, 1.807) is 30.3 Å². The molecule has 12 heteroatoms. The van der Waals surface area contributed by atoms with Gasteiger partial charge in [0.25, 0.3) is 11.8 Å². The van der Waals surface area contributed by atoms with Crippen LogP contribution >= 0.6 is 11.6 Å². The van der Waals surface area contributed by atoms with Crippen LogP contribution in [0.15, 0.2) is 53.5 Å². The molecule has 2 amide bonds. The number of aromatic amines is 1. The zero-order valence-corrected chi connectivity index (χ0v) is 19.4. The molecule has 0 saturated carbocycles. The van der Waals surface area contributed by atoms with E-state index < -0.39 is 29.5 Å². The number of carbonyl (C=O) groups is 3. The Labute approximate surface area is 204 Å². The fourth-order valence-electron chi connectivity index (χ4n) is 3.23. The number of methoxy groups -OCH3 is 2. The molecule has 11 nitrogen and oxygen atoms in total. The number of aromatic nitrogens is 2. The summed E-state index contributed by atoms with van der Waals surface area (Å²) in [5.41, 5.74) is -0.387. The molecule has 4 N–H and O–H groups in total. The summed E-state index contributed by atoms with van der Waals surface area (Å²) in [6.07, 6.45) is 0.819. The topological polar surface area (TPSA) is 160 Å². The van der Waals surface area contributed by atoms with Gasteiger partial charge in [-0.25, -0.2) is 14.6 Å². The second-order valence-corrected chi connectivity index (χ2v) is 7.60. The van der Waals surface area contributed by atoms with Crippen LogP contribution in [0, 0.1) is 0 Å². The van der Waals surface area contributed by atoms with Gasteiger partial charge in [-0.2, -0.15) is 0 Å². The molecule has 0 fully saturated rings. The molecule has 1 atom stereocenters. The number of nitrogens with one attached hydrogen (secondary N) is 3. The third kappa shape index (κ3) is 6.15. The maximum absolute atomic E-state index is 13.0. The first-order valence-electron chi connectivity index (χ1n) is 10.1. The number of aliphatic carboxylic acids is 1. The highest BCUT2D eigenvalue weighted by atomic mass is 35.5. The van der Waals surface area contributed by atoms with Crippen molar-refractivity contribution in [3.05, 3.63) is 80.9 Å². The van der Waals surface area contributed by atoms with Gasteiger partial charge >= 0.3 is 11.7 Å². The average Bonchev–Trinajstić information content (AvgIpc) is 2.84. The molecule has 2 aromatic carbocycles. The van der Waals surface area contributed by atoms with E-state index in [1.807, 2.05) is 0 Å². The predicted molar refractivity (Wildman–Crippen MR) is 126 cm³/mol. The zero-order valence-electron chi connectivity index (χ0n) is 18.6. The number of carbonyl (C=O) groups excluding carboxylic acids is 2. The van der Waals surface area contributed by atoms with E-state index in [-0.39, 0.29) is 40.4 Å². The van der Waals surface area contributed by atoms with Crippen molar-refractivity contribution >= 4 is 35.2 Å². The Morgan fingerprint density at radius 2 is 1.74 bits per heavy atom. The van der Waals surface area contributed by atoms with Gasteiger partial charge in [-0.3, -0.25) is 14.6 Å². The van der Waals surface area contributed by atoms with E-state index in [1.165, 1.54) is 26.4 Å². The zero-order chi connectivity index (χ0) is 25.5. The first kappa shape index (κ1) is 25.2. The molecule has 0 aliphatic rings. The van der Waals surface area contributed by atoms with Gasteiger partial charge in [0, 0.05) is 28.8 Å². The van der Waals surface area contributed by atoms with Gasteiger partial charge in [0.2, 0.25) is 0 Å². The molecule has 0 aliphatic carbocycles. The molecule has 182 valence electrons. The van der Waals surface area contributed by atoms with E-state index in [4.69, 9.17) is 21.1 Å². The number of amides is 2. The number of ether oxygens (including phenoxy) is 2. The Hall–Kier alpha value is -4.38. The number of carboxylic acids is 1. The predicted octanol–water partition coefficient (Wildman–Crippen LogP) is 2.12. The maximum atomic E-state index is 13.0. The first-order chi connectivity index (χ1) is 16.7. The highest BCUT2D eigenvalue weighted by Crippen LogP contribution is 2.29. The normalized spacial score (nSPS) is 11.3. The van der Waals surface area contributed by atoms with Crippen molar-refractivity contribution in [1.29, 1.82) is 0 Å². The first-order valence-corrected chi connectivity index (χ1v) is 10.5. The molecule has 1 unspecified atom stereocenters. The quantitative estimate of drug-likeness (QED) is 0.347. The molecule has 0 bridgehead atoms. The lowest BCUT2D eigenvalue weighted by molar-refractivity contribution is -0.139. The van der Waals surface area contributed by atoms with Gasteiger partial charge in [0.15, 0.2) is 0 Å². The van der Waals surface area contributed by atoms with Crippen LogP contribution in [0.2, 0.25) is 5.02 Å². The van der Waals surface area contributed by atoms with Crippen molar-refractivity contribution in [2.75, 3.05) is 19.5 Å². The summed E-state index contributed by atoms with van der Waals surface area (Å²) in [6, 6.07) is 9.33. The lowest BCUT2D eigenvalue weighted by Gasteiger charge is -2.17. The Morgan fingerprint density at radius 3 is 2.34 bits per heavy atom. The molecular formula is C23H21ClN4O7. The average molecular weight is 501 g/mol. The molecule has 1 aromatic heterocycles. The maximum Gasteiger partial charge on any atom is 0.346 e. The monoisotopic (exact) mass is 500 g/mol. The molecule has 1 heterocycles. The minimum absolute atomic E-state index is 0.0603. The fourth-order valence-corrected chi connectivity index (χ4v) is 3.42. The largest absolute Gasteiger partial charge is 0.496 e. The number of benzene rings is 2. The number of nitrogens with zero attached hydrogens (tertiary/aromatic N) is 1. The summed E-state index contributed by atoms with van der Waals surface area (Å²) in [7, 11) is 2.76. The highest BCUT2D eigenvalue weighted by Gasteiger charge is 2.25. The van der Waals surface area contributed by atoms with Crippen LogP contribution in [0.25, 0.3) is 0 Å². The summed E-state index contributed by atoms with van der Waals surface area (Å²) < 4.78 is 10.5. The van der Waals surface area contributed by atoms with E-state index >= 15 is 0 Å². The van der Waals surface area contributed by atoms with Crippen molar-refractivity contribution in [3.63, 3.8) is 0 Å². The third-order valence-corrected chi connectivity index (χ3v) is 5.13. The van der Waals surface area contributed by atoms with Gasteiger partial charge in [0.05, 0.1) is 14.2 Å². The summed E-state index contributed by atoms with van der Waals surface area (Å²) in [6.45, 7) is 0. The van der Waals surface area contributed by atoms with Crippen molar-refractivity contribution in [2.24, 2.45) is 0 Å². The Kier molecular flexibility index (Phi) is 8.05. The van der Waals surface area contributed by atoms with Crippen molar-refractivity contribution in [1.82, 2.24) is 15.3 Å². The number of hydrogen-bond acceptors (Lipinski definition) is 7. The van der Waals surface area contributed by atoms with Crippen molar-refractivity contribution in [2.45, 2.75) is 12.5 Å². The summed E-state index contributed by atoms with van der Waals surface area (Å²) in [5.74, 6) is -2.34. The summed E-state index contributed by atoms with van der Waals surface area (Å²) >= 11 is 5.90. The number of halogens is 1. The summed E-state index contributed by atoms with van der Waals surface area (Å²) in [5, 5.41) is 14.9. The lowest BCUT2D eigenvalue weighted by Crippen LogP contribution is -2.42. The molecule has 0 radical (unpaired) electrons. The van der Waals surface area contributed by atoms with E-state index in [0.717, 1.165) is 6.20 Å². The van der Waals surface area contributed by atoms with E-state index in [2.05, 4.69) is 20.6 Å². The highest BCUT2D eigenvalue weighted by molar-refractivity contribution is 6.31. The summed E-state index contributed by atoms with van der Waals surface area (Å²) in [4.78, 5) is 55.3. The Morgan fingerprint density at radius 1 is 1.09 bits per heavy atom. The number of H-pyrrole nitrogens is 1. The molecule has 35 heavy (non-hydrogen) atoms. The van der Waals surface area contributed by atoms with Gasteiger partial charge in [0.1, 0.15) is 28.9 Å². The molecular weight excluding hydrogens is 480 g/mol. The minimum Gasteiger partial charge on any atom is -0.496 e. The second kappa shape index (κ2) is 11.2. The smallest absolute Gasteiger partial charge is 0.346 e. The number of carboxylic acid groups (broad SMARTS) is 1. The van der Waals surface area contributed by atoms with Gasteiger partial charge in [-0.1, -0.05) is 23.7 Å². The van der Waals surface area contributed by atoms with Crippen LogP contribution in [0.4, 0.5) is 5.82 Å². The Bertz CT molecular complexity index is 1300. The van der Waals surface area contributed by atoms with Crippen LogP contribution in [0.1, 0.15) is 26.3 Å². The van der Waals surface area contributed by atoms with Gasteiger partial charge in [-0.05, 0) is 30.3 Å². The van der Waals surface area contributed by atoms with Gasteiger partial charge in [-0.15, -0.1) is 0 Å². The minimum atomic E-state index is -1.41. The molecule has 0 aliphatic heterocycles. The van der Waals surface area contributed by atoms with E-state index in [9.17, 15) is 24.3 Å². The lowest BCUT2D eigenvalue weighted by atomic mass is 10.1. The van der Waals surface area contributed by atoms with Gasteiger partial charge < -0.3 is 25.2 Å². The van der Waals surface area contributed by atoms with Crippen LogP contribution in [0.5, 0.6) is 11.5 Å². The molecule has 3 rings (SSSR count). The van der Waals surface area contributed by atoms with Crippen LogP contribution in [-0.2, 0) is 11.2 Å². The van der Waals surface area contributed by atoms with Crippen LogP contribution in [-0.4, -0.2) is 53.1 Å². The Balaban J connectivity index is 1.89. The SMILES string of the molecule is COc1cccc(OC)c1C(=O)Nc1[nH]c(=O)ncc1CC(NC(=O)c1cccc(Cl)c1)C(=O)O. The van der Waals surface area contributed by atoms with Crippen molar-refractivity contribution in [3.8, 4) is 11.5 Å². The number of anilines is 1. The third-order valence-electron chi connectivity index (χ3n) is 4.90. The van der Waals surface area contributed by atoms with Crippen LogP contribution < -0.4 is 25.8 Å². The molecule has 3 aromatic rings. The number of hydrogen-bond donors (Lipinski definition) is 4. The van der Waals surface area contributed by atoms with Crippen LogP contribution in [0.3, 0.4) is 0 Å².